The molecule has 2 aromatic carbocycles. The molecule has 4 rings (SSSR count). The van der Waals surface area contributed by atoms with E-state index in [1.165, 1.54) is 11.8 Å². The second-order valence-corrected chi connectivity index (χ2v) is 8.17. The van der Waals surface area contributed by atoms with Crippen molar-refractivity contribution >= 4 is 40.7 Å². The van der Waals surface area contributed by atoms with Crippen LogP contribution in [0.2, 0.25) is 10.0 Å². The van der Waals surface area contributed by atoms with Crippen LogP contribution in [0, 0.1) is 6.92 Å². The molecule has 0 aliphatic heterocycles. The summed E-state index contributed by atoms with van der Waals surface area (Å²) in [5.41, 5.74) is 3.09. The molecule has 0 saturated heterocycles. The average Bonchev–Trinajstić information content (AvgIpc) is 3.19. The molecule has 6 nitrogen and oxygen atoms in total. The van der Waals surface area contributed by atoms with Crippen LogP contribution in [-0.4, -0.2) is 36.3 Å². The van der Waals surface area contributed by atoms with Crippen LogP contribution < -0.4 is 0 Å². The van der Waals surface area contributed by atoms with Crippen LogP contribution in [0.5, 0.6) is 0 Å². The van der Waals surface area contributed by atoms with Gasteiger partial charge in [-0.1, -0.05) is 52.7 Å². The van der Waals surface area contributed by atoms with Gasteiger partial charge in [0, 0.05) is 23.6 Å². The summed E-state index contributed by atoms with van der Waals surface area (Å²) in [5, 5.41) is 9.93. The molecule has 0 spiro atoms. The topological polar surface area (TPSA) is 73.6 Å². The summed E-state index contributed by atoms with van der Waals surface area (Å²) in [6.07, 6.45) is 4.83. The number of carbonyl (C=O) groups is 1. The third kappa shape index (κ3) is 4.38. The lowest BCUT2D eigenvalue weighted by atomic mass is 10.1. The summed E-state index contributed by atoms with van der Waals surface area (Å²) in [7, 11) is 0. The van der Waals surface area contributed by atoms with Crippen molar-refractivity contribution < 1.29 is 4.79 Å². The molecule has 0 unspecified atom stereocenters. The fourth-order valence-electron chi connectivity index (χ4n) is 2.75. The lowest BCUT2D eigenvalue weighted by molar-refractivity contribution is 0.102. The quantitative estimate of drug-likeness (QED) is 0.289. The van der Waals surface area contributed by atoms with Gasteiger partial charge in [-0.05, 0) is 37.3 Å². The van der Waals surface area contributed by atoms with Crippen molar-refractivity contribution in [3.63, 3.8) is 0 Å². The maximum Gasteiger partial charge on any atom is 0.196 e. The average molecular weight is 456 g/mol. The number of hydrogen-bond donors (Lipinski definition) is 0. The Bertz CT molecular complexity index is 1200. The summed E-state index contributed by atoms with van der Waals surface area (Å²) >= 11 is 13.3. The standard InChI is InChI=1S/C21H15Cl2N5OS/c1-13-2-5-15(6-3-13)28-20(18-11-24-8-9-25-18)26-27-21(28)30-12-19(29)14-4-7-16(22)17(23)10-14/h2-11H,12H2,1H3. The van der Waals surface area contributed by atoms with Crippen molar-refractivity contribution in [2.75, 3.05) is 5.75 Å². The van der Waals surface area contributed by atoms with Crippen LogP contribution in [-0.2, 0) is 0 Å². The normalized spacial score (nSPS) is 10.9. The van der Waals surface area contributed by atoms with Gasteiger partial charge in [-0.15, -0.1) is 10.2 Å². The number of Topliss-reactive ketones (excluding diaryl/α,β-unsaturated/α-hetero) is 1. The molecule has 9 heteroatoms. The molecular formula is C21H15Cl2N5OS. The van der Waals surface area contributed by atoms with Gasteiger partial charge in [0.05, 0.1) is 22.0 Å². The van der Waals surface area contributed by atoms with Crippen molar-refractivity contribution in [2.45, 2.75) is 12.1 Å². The molecule has 30 heavy (non-hydrogen) atoms. The number of thioether (sulfide) groups is 1. The summed E-state index contributed by atoms with van der Waals surface area (Å²) < 4.78 is 1.87. The zero-order valence-corrected chi connectivity index (χ0v) is 18.1. The van der Waals surface area contributed by atoms with Gasteiger partial charge in [0.2, 0.25) is 0 Å². The monoisotopic (exact) mass is 455 g/mol. The summed E-state index contributed by atoms with van der Waals surface area (Å²) in [6, 6.07) is 12.8. The molecule has 150 valence electrons. The largest absolute Gasteiger partial charge is 0.293 e. The fourth-order valence-corrected chi connectivity index (χ4v) is 3.90. The predicted octanol–water partition coefficient (Wildman–Crippen LogP) is 5.31. The molecule has 0 N–H and O–H groups in total. The fraction of sp³-hybridized carbons (Fsp3) is 0.0952. The summed E-state index contributed by atoms with van der Waals surface area (Å²) in [5.74, 6) is 0.636. The predicted molar refractivity (Wildman–Crippen MR) is 119 cm³/mol. The van der Waals surface area contributed by atoms with Crippen molar-refractivity contribution in [3.8, 4) is 17.2 Å². The molecule has 2 aromatic heterocycles. The molecule has 2 heterocycles. The van der Waals surface area contributed by atoms with E-state index >= 15 is 0 Å². The van der Waals surface area contributed by atoms with Crippen LogP contribution in [0.4, 0.5) is 0 Å². The Morgan fingerprint density at radius 1 is 1.03 bits per heavy atom. The first-order valence-electron chi connectivity index (χ1n) is 8.93. The Morgan fingerprint density at radius 3 is 2.53 bits per heavy atom. The summed E-state index contributed by atoms with van der Waals surface area (Å²) in [6.45, 7) is 2.02. The number of benzene rings is 2. The molecule has 0 amide bonds. The van der Waals surface area contributed by atoms with Crippen LogP contribution in [0.15, 0.2) is 66.2 Å². The molecule has 4 aromatic rings. The number of nitrogens with zero attached hydrogens (tertiary/aromatic N) is 5. The molecule has 0 radical (unpaired) electrons. The molecule has 0 aliphatic rings. The Kier molecular flexibility index (Phi) is 6.13. The highest BCUT2D eigenvalue weighted by molar-refractivity contribution is 7.99. The van der Waals surface area contributed by atoms with Gasteiger partial charge in [0.25, 0.3) is 0 Å². The molecule has 0 bridgehead atoms. The van der Waals surface area contributed by atoms with Gasteiger partial charge in [0.15, 0.2) is 16.8 Å². The molecule has 0 atom stereocenters. The van der Waals surface area contributed by atoms with E-state index in [1.807, 2.05) is 35.8 Å². The van der Waals surface area contributed by atoms with E-state index in [9.17, 15) is 4.79 Å². The van der Waals surface area contributed by atoms with Crippen molar-refractivity contribution in [1.82, 2.24) is 24.7 Å². The van der Waals surface area contributed by atoms with Crippen LogP contribution in [0.3, 0.4) is 0 Å². The minimum atomic E-state index is -0.0851. The van der Waals surface area contributed by atoms with Crippen molar-refractivity contribution in [2.24, 2.45) is 0 Å². The molecular weight excluding hydrogens is 441 g/mol. The number of aryl methyl sites for hydroxylation is 1. The first-order valence-corrected chi connectivity index (χ1v) is 10.7. The van der Waals surface area contributed by atoms with Gasteiger partial charge in [-0.3, -0.25) is 14.3 Å². The second-order valence-electron chi connectivity index (χ2n) is 6.41. The number of carbonyl (C=O) groups excluding carboxylic acids is 1. The molecule has 0 aliphatic carbocycles. The highest BCUT2D eigenvalue weighted by Crippen LogP contribution is 2.28. The third-order valence-electron chi connectivity index (χ3n) is 4.29. The van der Waals surface area contributed by atoms with Crippen LogP contribution >= 0.6 is 35.0 Å². The third-order valence-corrected chi connectivity index (χ3v) is 5.96. The van der Waals surface area contributed by atoms with E-state index in [2.05, 4.69) is 20.2 Å². The van der Waals surface area contributed by atoms with Gasteiger partial charge >= 0.3 is 0 Å². The second kappa shape index (κ2) is 8.95. The van der Waals surface area contributed by atoms with Crippen molar-refractivity contribution in [1.29, 1.82) is 0 Å². The maximum absolute atomic E-state index is 12.6. The van der Waals surface area contributed by atoms with Gasteiger partial charge in [-0.25, -0.2) is 4.98 Å². The first kappa shape index (κ1) is 20.5. The lowest BCUT2D eigenvalue weighted by Crippen LogP contribution is -2.05. The van der Waals surface area contributed by atoms with Crippen molar-refractivity contribution in [3.05, 3.63) is 82.2 Å². The highest BCUT2D eigenvalue weighted by atomic mass is 35.5. The Balaban J connectivity index is 1.66. The SMILES string of the molecule is Cc1ccc(-n2c(SCC(=O)c3ccc(Cl)c(Cl)c3)nnc2-c2cnccn2)cc1. The number of rotatable bonds is 6. The zero-order valence-electron chi connectivity index (χ0n) is 15.8. The van der Waals surface area contributed by atoms with Crippen LogP contribution in [0.1, 0.15) is 15.9 Å². The summed E-state index contributed by atoms with van der Waals surface area (Å²) in [4.78, 5) is 21.1. The minimum Gasteiger partial charge on any atom is -0.293 e. The van der Waals surface area contributed by atoms with E-state index in [1.54, 1.807) is 36.8 Å². The number of aromatic nitrogens is 5. The van der Waals surface area contributed by atoms with Crippen LogP contribution in [0.25, 0.3) is 17.2 Å². The van der Waals surface area contributed by atoms with Gasteiger partial charge in [0.1, 0.15) is 5.69 Å². The van der Waals surface area contributed by atoms with E-state index < -0.39 is 0 Å². The maximum atomic E-state index is 12.6. The lowest BCUT2D eigenvalue weighted by Gasteiger charge is -2.10. The molecule has 0 fully saturated rings. The first-order chi connectivity index (χ1) is 14.5. The van der Waals surface area contributed by atoms with E-state index in [0.717, 1.165) is 11.3 Å². The smallest absolute Gasteiger partial charge is 0.196 e. The Labute approximate surface area is 187 Å². The van der Waals surface area contributed by atoms with Gasteiger partial charge < -0.3 is 0 Å². The number of hydrogen-bond acceptors (Lipinski definition) is 6. The number of ketones is 1. The molecule has 0 saturated carbocycles. The Morgan fingerprint density at radius 2 is 1.83 bits per heavy atom. The Hall–Kier alpha value is -2.74. The minimum absolute atomic E-state index is 0.0851. The zero-order chi connectivity index (χ0) is 21.1. The van der Waals surface area contributed by atoms with E-state index in [4.69, 9.17) is 23.2 Å². The highest BCUT2D eigenvalue weighted by Gasteiger charge is 2.19. The number of halogens is 2. The van der Waals surface area contributed by atoms with Gasteiger partial charge in [-0.2, -0.15) is 0 Å². The van der Waals surface area contributed by atoms with E-state index in [-0.39, 0.29) is 11.5 Å². The van der Waals surface area contributed by atoms with E-state index in [0.29, 0.717) is 32.3 Å².